The van der Waals surface area contributed by atoms with Crippen molar-refractivity contribution < 1.29 is 64.3 Å². The van der Waals surface area contributed by atoms with E-state index in [0.717, 1.165) is 12.8 Å². The minimum absolute atomic E-state index is 0.00930. The molecular weight excluding hydrogens is 654 g/mol. The maximum atomic E-state index is 12.4. The van der Waals surface area contributed by atoms with Crippen molar-refractivity contribution in [2.45, 2.75) is 145 Å². The number of unbranched alkanes of at least 4 members (excludes halogenated alkanes) is 1. The van der Waals surface area contributed by atoms with Crippen LogP contribution in [-0.2, 0) is 28.5 Å². The number of allylic oxidation sites excluding steroid dienone is 6. The Balaban J connectivity index is 1.91. The fourth-order valence-corrected chi connectivity index (χ4v) is 6.31. The van der Waals surface area contributed by atoms with E-state index in [4.69, 9.17) is 24.7 Å². The molecule has 0 aliphatic carbocycles. The number of carboxylic acids is 1. The zero-order valence-electron chi connectivity index (χ0n) is 28.7. The summed E-state index contributed by atoms with van der Waals surface area (Å²) in [6.45, 7) is 3.61. The number of hydrogen-bond acceptors (Lipinski definition) is 13. The van der Waals surface area contributed by atoms with Gasteiger partial charge in [0, 0.05) is 31.8 Å². The summed E-state index contributed by atoms with van der Waals surface area (Å²) in [6, 6.07) is -1.09. The number of esters is 1. The quantitative estimate of drug-likeness (QED) is 0.181. The summed E-state index contributed by atoms with van der Waals surface area (Å²) in [4.78, 5) is 24.7. The Morgan fingerprint density at radius 2 is 1.66 bits per heavy atom. The topological polar surface area (TPSA) is 239 Å². The smallest absolute Gasteiger partial charge is 0.330 e. The third-order valence-electron chi connectivity index (χ3n) is 9.01. The van der Waals surface area contributed by atoms with Crippen molar-refractivity contribution in [3.8, 4) is 0 Å². The van der Waals surface area contributed by atoms with Crippen molar-refractivity contribution >= 4 is 11.9 Å². The third-order valence-corrected chi connectivity index (χ3v) is 9.01. The number of rotatable bonds is 6. The molecule has 3 aliphatic rings. The lowest BCUT2D eigenvalue weighted by molar-refractivity contribution is -0.308. The second-order valence-electron chi connectivity index (χ2n) is 13.3. The molecule has 0 saturated carbocycles. The average Bonchev–Trinajstić information content (AvgIpc) is 3.02. The lowest BCUT2D eigenvalue weighted by Gasteiger charge is -2.45. The number of aliphatic hydroxyl groups is 6. The summed E-state index contributed by atoms with van der Waals surface area (Å²) < 4.78 is 23.2. The Hall–Kier alpha value is -2.76. The molecule has 13 unspecified atom stereocenters. The van der Waals surface area contributed by atoms with Gasteiger partial charge in [0.15, 0.2) is 12.1 Å². The summed E-state index contributed by atoms with van der Waals surface area (Å²) in [5.41, 5.74) is 5.98. The highest BCUT2D eigenvalue weighted by atomic mass is 16.7. The van der Waals surface area contributed by atoms with Crippen molar-refractivity contribution in [1.29, 1.82) is 0 Å². The van der Waals surface area contributed by atoms with E-state index < -0.39 is 97.6 Å². The Morgan fingerprint density at radius 1 is 0.960 bits per heavy atom. The van der Waals surface area contributed by atoms with Gasteiger partial charge in [0.1, 0.15) is 18.1 Å². The maximum Gasteiger partial charge on any atom is 0.330 e. The molecule has 3 rings (SSSR count). The monoisotopic (exact) mass is 709 g/mol. The van der Waals surface area contributed by atoms with Crippen LogP contribution < -0.4 is 5.73 Å². The van der Waals surface area contributed by atoms with Crippen LogP contribution in [0.15, 0.2) is 60.8 Å². The zero-order valence-corrected chi connectivity index (χ0v) is 28.7. The molecule has 14 heteroatoms. The standard InChI is InChI=1S/C36H55NO13/c1-3-4-14-25-15-10-8-6-5-7-9-11-16-26(49-35-33(43)31(37)32(42)22(2)47-35)19-28-30(34(44)45)27(40)21-36(46,50-28)20-24(39)18-23(38)13-12-17-29(41)48-25/h5-12,16-17,22-28,30-33,35,38-40,42-43,46H,3-4,13-15,18-21,37H2,1-2H3,(H,44,45)/b6-5-,9-7+,10-8+,16-11+,17-12+. The Kier molecular flexibility index (Phi) is 16.9. The van der Waals surface area contributed by atoms with E-state index in [9.17, 15) is 45.3 Å². The molecule has 0 aromatic heterocycles. The van der Waals surface area contributed by atoms with Crippen LogP contribution in [0.25, 0.3) is 0 Å². The molecule has 3 aliphatic heterocycles. The molecule has 14 nitrogen and oxygen atoms in total. The van der Waals surface area contributed by atoms with Gasteiger partial charge in [0.05, 0.1) is 48.8 Å². The van der Waals surface area contributed by atoms with E-state index in [0.29, 0.717) is 12.8 Å². The number of ether oxygens (including phenoxy) is 4. The first-order valence-corrected chi connectivity index (χ1v) is 17.4. The van der Waals surface area contributed by atoms with Gasteiger partial charge in [-0.25, -0.2) is 4.79 Å². The lowest BCUT2D eigenvalue weighted by atomic mass is 9.83. The van der Waals surface area contributed by atoms with Gasteiger partial charge < -0.3 is 60.4 Å². The largest absolute Gasteiger partial charge is 0.481 e. The molecule has 282 valence electrons. The Morgan fingerprint density at radius 3 is 2.36 bits per heavy atom. The van der Waals surface area contributed by atoms with Gasteiger partial charge in [-0.05, 0) is 26.2 Å². The molecule has 3 heterocycles. The highest BCUT2D eigenvalue weighted by molar-refractivity contribution is 5.82. The Labute approximate surface area is 293 Å². The molecule has 2 saturated heterocycles. The predicted octanol–water partition coefficient (Wildman–Crippen LogP) is 1.27. The highest BCUT2D eigenvalue weighted by Gasteiger charge is 2.50. The molecule has 13 atom stereocenters. The molecule has 2 bridgehead atoms. The first kappa shape index (κ1) is 41.7. The first-order chi connectivity index (χ1) is 23.7. The van der Waals surface area contributed by atoms with Gasteiger partial charge in [0.25, 0.3) is 0 Å². The van der Waals surface area contributed by atoms with Crippen molar-refractivity contribution in [2.75, 3.05) is 0 Å². The van der Waals surface area contributed by atoms with Gasteiger partial charge in [-0.2, -0.15) is 0 Å². The second-order valence-corrected chi connectivity index (χ2v) is 13.3. The van der Waals surface area contributed by atoms with Crippen LogP contribution >= 0.6 is 0 Å². The van der Waals surface area contributed by atoms with E-state index in [1.165, 1.54) is 12.2 Å². The molecule has 0 amide bonds. The van der Waals surface area contributed by atoms with Crippen LogP contribution in [0.5, 0.6) is 0 Å². The fourth-order valence-electron chi connectivity index (χ4n) is 6.31. The number of aliphatic hydroxyl groups excluding tert-OH is 5. The number of cyclic esters (lactones) is 1. The van der Waals surface area contributed by atoms with Gasteiger partial charge in [0.2, 0.25) is 0 Å². The number of fused-ring (bicyclic) bond motifs is 2. The van der Waals surface area contributed by atoms with Crippen LogP contribution in [0.3, 0.4) is 0 Å². The molecule has 0 spiro atoms. The maximum absolute atomic E-state index is 12.4. The molecular formula is C36H55NO13. The molecule has 0 aromatic carbocycles. The highest BCUT2D eigenvalue weighted by Crippen LogP contribution is 2.38. The normalized spacial score (nSPS) is 43.0. The van der Waals surface area contributed by atoms with Crippen molar-refractivity contribution in [1.82, 2.24) is 0 Å². The van der Waals surface area contributed by atoms with Gasteiger partial charge in [-0.1, -0.05) is 74.4 Å². The summed E-state index contributed by atoms with van der Waals surface area (Å²) in [5.74, 6) is -5.60. The molecule has 9 N–H and O–H groups in total. The van der Waals surface area contributed by atoms with Crippen LogP contribution in [0, 0.1) is 5.92 Å². The lowest BCUT2D eigenvalue weighted by Crippen LogP contribution is -2.61. The van der Waals surface area contributed by atoms with E-state index >= 15 is 0 Å². The number of nitrogens with two attached hydrogens (primary N) is 1. The van der Waals surface area contributed by atoms with E-state index in [1.54, 1.807) is 43.4 Å². The van der Waals surface area contributed by atoms with Crippen LogP contribution in [-0.4, -0.2) is 121 Å². The summed E-state index contributed by atoms with van der Waals surface area (Å²) >= 11 is 0. The number of hydrogen-bond donors (Lipinski definition) is 8. The van der Waals surface area contributed by atoms with Gasteiger partial charge in [-0.3, -0.25) is 4.79 Å². The van der Waals surface area contributed by atoms with Crippen molar-refractivity contribution in [3.05, 3.63) is 60.8 Å². The van der Waals surface area contributed by atoms with Crippen molar-refractivity contribution in [3.63, 3.8) is 0 Å². The number of aliphatic carboxylic acids is 1. The second kappa shape index (κ2) is 20.3. The van der Waals surface area contributed by atoms with Gasteiger partial charge >= 0.3 is 11.9 Å². The molecule has 0 aromatic rings. The Bertz CT molecular complexity index is 1220. The minimum Gasteiger partial charge on any atom is -0.481 e. The summed E-state index contributed by atoms with van der Waals surface area (Å²) in [6.07, 6.45) is 6.71. The average molecular weight is 710 g/mol. The first-order valence-electron chi connectivity index (χ1n) is 17.4. The number of carbonyl (C=O) groups is 2. The fraction of sp³-hybridized carbons (Fsp3) is 0.667. The van der Waals surface area contributed by atoms with Crippen LogP contribution in [0.2, 0.25) is 0 Å². The predicted molar refractivity (Wildman–Crippen MR) is 181 cm³/mol. The van der Waals surface area contributed by atoms with Gasteiger partial charge in [-0.15, -0.1) is 0 Å². The van der Waals surface area contributed by atoms with E-state index in [-0.39, 0.29) is 25.4 Å². The molecule has 0 radical (unpaired) electrons. The number of carboxylic acid groups (broad SMARTS) is 1. The minimum atomic E-state index is -2.18. The zero-order chi connectivity index (χ0) is 36.8. The van der Waals surface area contributed by atoms with Crippen molar-refractivity contribution in [2.24, 2.45) is 11.7 Å². The summed E-state index contributed by atoms with van der Waals surface area (Å²) in [5, 5.41) is 74.5. The SMILES string of the molecule is CCCCC1C/C=C/C=C\C=C\C=C\C(OC2OC(C)C(O)C(N)C2O)CC2OC(O)(CC(O)CC(O)C/C=C/C(=O)O1)CC(O)C2C(=O)O. The van der Waals surface area contributed by atoms with Crippen LogP contribution in [0.1, 0.15) is 71.6 Å². The molecule has 2 fully saturated rings. The van der Waals surface area contributed by atoms with Crippen LogP contribution in [0.4, 0.5) is 0 Å². The summed E-state index contributed by atoms with van der Waals surface area (Å²) in [7, 11) is 0. The number of carbonyl (C=O) groups excluding carboxylic acids is 1. The molecule has 50 heavy (non-hydrogen) atoms. The van der Waals surface area contributed by atoms with E-state index in [2.05, 4.69) is 0 Å². The van der Waals surface area contributed by atoms with E-state index in [1.807, 2.05) is 19.1 Å². The third kappa shape index (κ3) is 13.1.